The molecule has 0 aromatic heterocycles. The van der Waals surface area contributed by atoms with E-state index in [1.807, 2.05) is 30.3 Å². The lowest BCUT2D eigenvalue weighted by Crippen LogP contribution is -2.70. The number of esters is 1. The third kappa shape index (κ3) is 5.34. The van der Waals surface area contributed by atoms with E-state index in [-0.39, 0.29) is 17.9 Å². The number of carbonyl (C=O) groups excluding carboxylic acids is 2. The van der Waals surface area contributed by atoms with E-state index in [0.717, 1.165) is 17.3 Å². The zero-order chi connectivity index (χ0) is 26.1. The monoisotopic (exact) mass is 533 g/mol. The summed E-state index contributed by atoms with van der Waals surface area (Å²) in [5.74, 6) is -1.88. The number of amides is 1. The van der Waals surface area contributed by atoms with Crippen molar-refractivity contribution in [1.29, 1.82) is 0 Å². The highest BCUT2D eigenvalue weighted by atomic mass is 32.2. The predicted octanol–water partition coefficient (Wildman–Crippen LogP) is 2.60. The van der Waals surface area contributed by atoms with Gasteiger partial charge in [-0.05, 0) is 30.2 Å². The predicted molar refractivity (Wildman–Crippen MR) is 129 cm³/mol. The third-order valence-electron chi connectivity index (χ3n) is 5.39. The number of carbonyl (C=O) groups is 2. The van der Waals surface area contributed by atoms with Crippen molar-refractivity contribution < 1.29 is 38.1 Å². The zero-order valence-corrected chi connectivity index (χ0v) is 20.4. The molecule has 2 unspecified atom stereocenters. The molecule has 2 aromatic carbocycles. The number of β-lactam (4-membered cyclic amide) rings is 1. The molecule has 0 saturated carbocycles. The van der Waals surface area contributed by atoms with Gasteiger partial charge in [0.2, 0.25) is 5.91 Å². The average molecular weight is 533 g/mol. The Bertz CT molecular complexity index is 1320. The van der Waals surface area contributed by atoms with E-state index in [1.54, 1.807) is 0 Å². The van der Waals surface area contributed by atoms with Gasteiger partial charge in [-0.3, -0.25) is 29.7 Å². The Morgan fingerprint density at radius 2 is 1.86 bits per heavy atom. The van der Waals surface area contributed by atoms with Crippen LogP contribution in [-0.4, -0.2) is 42.5 Å². The quantitative estimate of drug-likeness (QED) is 0.0825. The van der Waals surface area contributed by atoms with Crippen molar-refractivity contribution >= 4 is 42.2 Å². The van der Waals surface area contributed by atoms with Crippen LogP contribution in [0.5, 0.6) is 0 Å². The molecule has 0 bridgehead atoms. The molecular weight excluding hydrogens is 513 g/mol. The fourth-order valence-corrected chi connectivity index (χ4v) is 5.80. The Hall–Kier alpha value is -3.51. The topological polar surface area (TPSA) is 178 Å². The number of nitro benzene ring substituents is 1. The molecule has 0 spiro atoms. The van der Waals surface area contributed by atoms with Gasteiger partial charge < -0.3 is 14.6 Å². The number of phosphoric ester groups is 1. The van der Waals surface area contributed by atoms with Gasteiger partial charge >= 0.3 is 13.8 Å². The van der Waals surface area contributed by atoms with E-state index in [2.05, 4.69) is 10.3 Å². The summed E-state index contributed by atoms with van der Waals surface area (Å²) < 4.78 is 21.6. The lowest BCUT2D eigenvalue weighted by atomic mass is 9.90. The average Bonchev–Trinajstić information content (AvgIpc) is 3.09. The van der Waals surface area contributed by atoms with Crippen LogP contribution in [0, 0.1) is 10.1 Å². The minimum Gasteiger partial charge on any atom is -0.457 e. The minimum atomic E-state index is -5.05. The Kier molecular flexibility index (Phi) is 7.01. The number of aliphatic imine (C=N–C) groups is 1. The fraction of sp³-hybridized carbons (Fsp3) is 0.227. The number of phosphoric acid groups is 1. The highest BCUT2D eigenvalue weighted by Crippen LogP contribution is 2.51. The maximum Gasteiger partial charge on any atom is 0.524 e. The van der Waals surface area contributed by atoms with E-state index in [4.69, 9.17) is 9.26 Å². The number of nitro groups is 1. The molecule has 1 fully saturated rings. The number of nitrogens with zero attached hydrogens (tertiary/aromatic N) is 2. The number of nitrogens with one attached hydrogen (secondary N) is 1. The second-order valence-corrected chi connectivity index (χ2v) is 10.4. The summed E-state index contributed by atoms with van der Waals surface area (Å²) >= 11 is 1.08. The van der Waals surface area contributed by atoms with Crippen molar-refractivity contribution in [3.05, 3.63) is 87.2 Å². The Labute approximate surface area is 208 Å². The van der Waals surface area contributed by atoms with E-state index in [0.29, 0.717) is 17.0 Å². The number of allylic oxidation sites excluding steroid dienone is 1. The second kappa shape index (κ2) is 9.86. The van der Waals surface area contributed by atoms with E-state index in [9.17, 15) is 34.1 Å². The summed E-state index contributed by atoms with van der Waals surface area (Å²) in [5.41, 5.74) is 0.922. The lowest BCUT2D eigenvalue weighted by molar-refractivity contribution is -0.384. The van der Waals surface area contributed by atoms with Crippen LogP contribution in [0.25, 0.3) is 0 Å². The molecule has 2 aliphatic rings. The number of thioether (sulfide) groups is 1. The standard InChI is InChI=1S/C22H20N3O9PS/c1-13(34-35(30,31)32)18(21(27)33-12-15-7-9-16(10-8-15)25(28)29)22-19(20(26)24-22)23-17(36-22)11-14-5-3-2-4-6-14/h2-10,19H,11-12H2,1H3,(H,24,26)(H2,30,31,32). The molecule has 1 amide bonds. The smallest absolute Gasteiger partial charge is 0.457 e. The van der Waals surface area contributed by atoms with Crippen LogP contribution in [0.4, 0.5) is 5.69 Å². The van der Waals surface area contributed by atoms with Gasteiger partial charge in [-0.1, -0.05) is 42.1 Å². The molecule has 2 aromatic rings. The summed E-state index contributed by atoms with van der Waals surface area (Å²) in [6.45, 7) is 0.897. The van der Waals surface area contributed by atoms with Gasteiger partial charge in [0.25, 0.3) is 5.69 Å². The molecule has 2 heterocycles. The van der Waals surface area contributed by atoms with Crippen molar-refractivity contribution in [2.45, 2.75) is 30.9 Å². The summed E-state index contributed by atoms with van der Waals surface area (Å²) in [5, 5.41) is 14.0. The summed E-state index contributed by atoms with van der Waals surface area (Å²) in [7, 11) is -5.05. The van der Waals surface area contributed by atoms with E-state index in [1.165, 1.54) is 31.2 Å². The van der Waals surface area contributed by atoms with Crippen molar-refractivity contribution in [3.8, 4) is 0 Å². The lowest BCUT2D eigenvalue weighted by Gasteiger charge is -2.43. The molecule has 2 aliphatic heterocycles. The first-order valence-corrected chi connectivity index (χ1v) is 12.8. The van der Waals surface area contributed by atoms with Gasteiger partial charge in [-0.15, -0.1) is 0 Å². The summed E-state index contributed by atoms with van der Waals surface area (Å²) in [6.07, 6.45) is 0.377. The number of rotatable bonds is 9. The fourth-order valence-electron chi connectivity index (χ4n) is 3.83. The van der Waals surface area contributed by atoms with Gasteiger partial charge in [0, 0.05) is 18.6 Å². The van der Waals surface area contributed by atoms with Crippen LogP contribution in [0.15, 0.2) is 70.9 Å². The molecule has 1 saturated heterocycles. The first kappa shape index (κ1) is 25.6. The zero-order valence-electron chi connectivity index (χ0n) is 18.7. The van der Waals surface area contributed by atoms with Crippen LogP contribution >= 0.6 is 19.6 Å². The van der Waals surface area contributed by atoms with Crippen molar-refractivity contribution in [3.63, 3.8) is 0 Å². The Morgan fingerprint density at radius 3 is 2.44 bits per heavy atom. The molecule has 4 rings (SSSR count). The molecule has 14 heteroatoms. The highest BCUT2D eigenvalue weighted by Gasteiger charge is 2.64. The number of benzene rings is 2. The molecule has 188 valence electrons. The summed E-state index contributed by atoms with van der Waals surface area (Å²) in [4.78, 5) is 57.5. The van der Waals surface area contributed by atoms with Crippen LogP contribution in [-0.2, 0) is 36.4 Å². The number of hydrogen-bond acceptors (Lipinski definition) is 9. The molecule has 0 aliphatic carbocycles. The minimum absolute atomic E-state index is 0.138. The molecule has 12 nitrogen and oxygen atoms in total. The van der Waals surface area contributed by atoms with Crippen molar-refractivity contribution in [2.24, 2.45) is 4.99 Å². The second-order valence-electron chi connectivity index (χ2n) is 7.93. The first-order chi connectivity index (χ1) is 17.0. The van der Waals surface area contributed by atoms with Crippen LogP contribution < -0.4 is 5.32 Å². The normalized spacial score (nSPS) is 21.4. The van der Waals surface area contributed by atoms with Gasteiger partial charge in [-0.25, -0.2) is 9.36 Å². The number of hydrogen-bond donors (Lipinski definition) is 3. The van der Waals surface area contributed by atoms with Crippen molar-refractivity contribution in [2.75, 3.05) is 0 Å². The third-order valence-corrected chi connectivity index (χ3v) is 7.24. The van der Waals surface area contributed by atoms with Gasteiger partial charge in [0.15, 0.2) is 10.9 Å². The number of fused-ring (bicyclic) bond motifs is 1. The number of non-ortho nitro benzene ring substituents is 1. The molecule has 3 N–H and O–H groups in total. The Balaban J connectivity index is 1.60. The maximum absolute atomic E-state index is 13.2. The molecule has 0 radical (unpaired) electrons. The molecular formula is C22H20N3O9PS. The largest absolute Gasteiger partial charge is 0.524 e. The first-order valence-electron chi connectivity index (χ1n) is 10.5. The Morgan fingerprint density at radius 1 is 1.19 bits per heavy atom. The SMILES string of the molecule is CC(OP(=O)(O)O)=C(C(=O)OCc1ccc([N+](=O)[O-])cc1)C12NC(=O)C1N=C(Cc1ccccc1)S2. The van der Waals surface area contributed by atoms with Gasteiger partial charge in [0.1, 0.15) is 17.9 Å². The van der Waals surface area contributed by atoms with Crippen molar-refractivity contribution in [1.82, 2.24) is 5.32 Å². The number of ether oxygens (including phenoxy) is 1. The van der Waals surface area contributed by atoms with Crippen LogP contribution in [0.1, 0.15) is 18.1 Å². The summed E-state index contributed by atoms with van der Waals surface area (Å²) in [6, 6.07) is 13.6. The molecule has 36 heavy (non-hydrogen) atoms. The van der Waals surface area contributed by atoms with E-state index >= 15 is 0 Å². The molecule has 2 atom stereocenters. The van der Waals surface area contributed by atoms with Crippen LogP contribution in [0.2, 0.25) is 0 Å². The van der Waals surface area contributed by atoms with E-state index < -0.39 is 41.3 Å². The van der Waals surface area contributed by atoms with Gasteiger partial charge in [0.05, 0.1) is 9.97 Å². The highest BCUT2D eigenvalue weighted by molar-refractivity contribution is 8.15. The van der Waals surface area contributed by atoms with Crippen LogP contribution in [0.3, 0.4) is 0 Å². The maximum atomic E-state index is 13.2. The van der Waals surface area contributed by atoms with Gasteiger partial charge in [-0.2, -0.15) is 0 Å².